The third-order valence-corrected chi connectivity index (χ3v) is 5.23. The maximum absolute atomic E-state index is 11.4. The van der Waals surface area contributed by atoms with Gasteiger partial charge in [0.05, 0.1) is 19.0 Å². The van der Waals surface area contributed by atoms with Crippen LogP contribution in [0.15, 0.2) is 36.7 Å². The van der Waals surface area contributed by atoms with Crippen LogP contribution in [0, 0.1) is 0 Å². The monoisotopic (exact) mass is 414 g/mol. The molecule has 1 N–H and O–H groups in total. The lowest BCUT2D eigenvalue weighted by molar-refractivity contribution is -0.154. The molecule has 2 aromatic rings. The molecule has 0 aliphatic carbocycles. The van der Waals surface area contributed by atoms with Gasteiger partial charge in [-0.25, -0.2) is 14.8 Å². The Balaban J connectivity index is 1.81. The van der Waals surface area contributed by atoms with Gasteiger partial charge < -0.3 is 14.6 Å². The van der Waals surface area contributed by atoms with Crippen LogP contribution in [0.4, 0.5) is 0 Å². The average Bonchev–Trinajstić information content (AvgIpc) is 2.76. The second-order valence-electron chi connectivity index (χ2n) is 7.73. The van der Waals surface area contributed by atoms with Gasteiger partial charge in [0.1, 0.15) is 5.75 Å². The highest BCUT2D eigenvalue weighted by Gasteiger charge is 2.33. The van der Waals surface area contributed by atoms with Crippen LogP contribution in [0.25, 0.3) is 11.4 Å². The van der Waals surface area contributed by atoms with Crippen molar-refractivity contribution in [2.45, 2.75) is 77.7 Å². The number of carboxylic acid groups (broad SMARTS) is 1. The summed E-state index contributed by atoms with van der Waals surface area (Å²) in [5.74, 6) is 0.774. The van der Waals surface area contributed by atoms with Gasteiger partial charge in [0, 0.05) is 5.56 Å². The number of nitrogens with zero attached hydrogens (tertiary/aromatic N) is 2. The third kappa shape index (κ3) is 7.32. The van der Waals surface area contributed by atoms with Crippen molar-refractivity contribution in [2.75, 3.05) is 6.61 Å². The summed E-state index contributed by atoms with van der Waals surface area (Å²) >= 11 is 0. The van der Waals surface area contributed by atoms with E-state index < -0.39 is 11.6 Å². The standard InChI is InChI=1S/C24H34N2O4/c1-4-6-7-8-9-10-11-16-29-21-17-25-22(26-18-21)19-12-14-20(15-13-19)30-24(3,5-2)23(27)28/h12-15,17-18H,4-11,16H2,1-3H3,(H,27,28). The van der Waals surface area contributed by atoms with E-state index in [1.54, 1.807) is 38.4 Å². The maximum atomic E-state index is 11.4. The van der Waals surface area contributed by atoms with Gasteiger partial charge in [-0.1, -0.05) is 52.4 Å². The lowest BCUT2D eigenvalue weighted by atomic mass is 10.0. The van der Waals surface area contributed by atoms with Gasteiger partial charge in [0.25, 0.3) is 0 Å². The van der Waals surface area contributed by atoms with Crippen molar-refractivity contribution >= 4 is 5.97 Å². The fraction of sp³-hybridized carbons (Fsp3) is 0.542. The van der Waals surface area contributed by atoms with Crippen molar-refractivity contribution < 1.29 is 19.4 Å². The molecule has 0 spiro atoms. The van der Waals surface area contributed by atoms with Gasteiger partial charge in [-0.2, -0.15) is 0 Å². The first kappa shape index (κ1) is 23.6. The SMILES string of the molecule is CCCCCCCCCOc1cnc(-c2ccc(OC(C)(CC)C(=O)O)cc2)nc1. The van der Waals surface area contributed by atoms with Gasteiger partial charge in [-0.15, -0.1) is 0 Å². The number of carboxylic acids is 1. The molecule has 1 aromatic carbocycles. The van der Waals surface area contributed by atoms with Crippen LogP contribution in [0.2, 0.25) is 0 Å². The summed E-state index contributed by atoms with van der Waals surface area (Å²) in [5, 5.41) is 9.33. The van der Waals surface area contributed by atoms with E-state index in [0.29, 0.717) is 30.4 Å². The van der Waals surface area contributed by atoms with Crippen molar-refractivity contribution in [3.63, 3.8) is 0 Å². The smallest absolute Gasteiger partial charge is 0.347 e. The summed E-state index contributed by atoms with van der Waals surface area (Å²) in [4.78, 5) is 20.1. The van der Waals surface area contributed by atoms with E-state index in [-0.39, 0.29) is 0 Å². The van der Waals surface area contributed by atoms with Crippen LogP contribution in [-0.2, 0) is 4.79 Å². The fourth-order valence-electron chi connectivity index (χ4n) is 2.99. The predicted molar refractivity (Wildman–Crippen MR) is 118 cm³/mol. The first-order valence-electron chi connectivity index (χ1n) is 11.0. The number of aromatic nitrogens is 2. The number of ether oxygens (including phenoxy) is 2. The molecule has 0 aliphatic heterocycles. The Bertz CT molecular complexity index is 762. The fourth-order valence-corrected chi connectivity index (χ4v) is 2.99. The van der Waals surface area contributed by atoms with E-state index in [9.17, 15) is 9.90 Å². The number of hydrogen-bond acceptors (Lipinski definition) is 5. The van der Waals surface area contributed by atoms with E-state index in [2.05, 4.69) is 16.9 Å². The molecule has 1 unspecified atom stereocenters. The van der Waals surface area contributed by atoms with Crippen LogP contribution in [0.5, 0.6) is 11.5 Å². The molecule has 6 heteroatoms. The van der Waals surface area contributed by atoms with E-state index in [0.717, 1.165) is 12.0 Å². The van der Waals surface area contributed by atoms with Gasteiger partial charge in [0.15, 0.2) is 11.6 Å². The third-order valence-electron chi connectivity index (χ3n) is 5.23. The topological polar surface area (TPSA) is 81.5 Å². The molecular formula is C24H34N2O4. The minimum atomic E-state index is -1.24. The molecule has 30 heavy (non-hydrogen) atoms. The Hall–Kier alpha value is -2.63. The van der Waals surface area contributed by atoms with Crippen molar-refractivity contribution in [1.29, 1.82) is 0 Å². The molecule has 0 bridgehead atoms. The van der Waals surface area contributed by atoms with Gasteiger partial charge in [0.2, 0.25) is 5.60 Å². The molecule has 1 heterocycles. The highest BCUT2D eigenvalue weighted by atomic mass is 16.5. The first-order chi connectivity index (χ1) is 14.5. The Labute approximate surface area is 179 Å². The molecular weight excluding hydrogens is 380 g/mol. The normalized spacial score (nSPS) is 12.9. The van der Waals surface area contributed by atoms with Crippen LogP contribution >= 0.6 is 0 Å². The quantitative estimate of drug-likeness (QED) is 0.387. The summed E-state index contributed by atoms with van der Waals surface area (Å²) in [5.41, 5.74) is -0.415. The Morgan fingerprint density at radius 2 is 1.53 bits per heavy atom. The Morgan fingerprint density at radius 3 is 2.10 bits per heavy atom. The van der Waals surface area contributed by atoms with Crippen LogP contribution in [-0.4, -0.2) is 33.3 Å². The van der Waals surface area contributed by atoms with Crippen LogP contribution in [0.3, 0.4) is 0 Å². The van der Waals surface area contributed by atoms with Crippen LogP contribution < -0.4 is 9.47 Å². The zero-order valence-electron chi connectivity index (χ0n) is 18.4. The molecule has 6 nitrogen and oxygen atoms in total. The number of rotatable bonds is 14. The average molecular weight is 415 g/mol. The lowest BCUT2D eigenvalue weighted by Gasteiger charge is -2.24. The summed E-state index contributed by atoms with van der Waals surface area (Å²) in [6, 6.07) is 7.12. The summed E-state index contributed by atoms with van der Waals surface area (Å²) in [7, 11) is 0. The highest BCUT2D eigenvalue weighted by molar-refractivity contribution is 5.77. The molecule has 0 aliphatic rings. The Kier molecular flexibility index (Phi) is 9.58. The molecule has 0 amide bonds. The number of carbonyl (C=O) groups is 1. The predicted octanol–water partition coefficient (Wildman–Crippen LogP) is 5.91. The van der Waals surface area contributed by atoms with Crippen LogP contribution in [0.1, 0.15) is 72.1 Å². The molecule has 0 fully saturated rings. The minimum Gasteiger partial charge on any atom is -0.490 e. The van der Waals surface area contributed by atoms with E-state index in [1.165, 1.54) is 38.5 Å². The molecule has 0 saturated carbocycles. The number of benzene rings is 1. The summed E-state index contributed by atoms with van der Waals surface area (Å²) in [6.45, 7) is 6.27. The number of unbranched alkanes of at least 4 members (excludes halogenated alkanes) is 6. The zero-order chi connectivity index (χ0) is 21.8. The van der Waals surface area contributed by atoms with Crippen molar-refractivity contribution in [2.24, 2.45) is 0 Å². The molecule has 164 valence electrons. The molecule has 0 radical (unpaired) electrons. The Morgan fingerprint density at radius 1 is 0.933 bits per heavy atom. The minimum absolute atomic E-state index is 0.369. The van der Waals surface area contributed by atoms with Crippen molar-refractivity contribution in [3.8, 4) is 22.9 Å². The largest absolute Gasteiger partial charge is 0.490 e. The molecule has 2 rings (SSSR count). The molecule has 0 saturated heterocycles. The molecule has 1 atom stereocenters. The van der Waals surface area contributed by atoms with E-state index >= 15 is 0 Å². The van der Waals surface area contributed by atoms with Gasteiger partial charge >= 0.3 is 5.97 Å². The summed E-state index contributed by atoms with van der Waals surface area (Å²) in [6.07, 6.45) is 12.5. The van der Waals surface area contributed by atoms with Crippen molar-refractivity contribution in [3.05, 3.63) is 36.7 Å². The number of hydrogen-bond donors (Lipinski definition) is 1. The maximum Gasteiger partial charge on any atom is 0.347 e. The first-order valence-corrected chi connectivity index (χ1v) is 11.0. The van der Waals surface area contributed by atoms with Gasteiger partial charge in [-0.05, 0) is 44.0 Å². The van der Waals surface area contributed by atoms with Crippen molar-refractivity contribution in [1.82, 2.24) is 9.97 Å². The van der Waals surface area contributed by atoms with E-state index in [1.807, 2.05) is 12.1 Å². The zero-order valence-corrected chi connectivity index (χ0v) is 18.4. The second-order valence-corrected chi connectivity index (χ2v) is 7.73. The molecule has 1 aromatic heterocycles. The van der Waals surface area contributed by atoms with Gasteiger partial charge in [-0.3, -0.25) is 0 Å². The lowest BCUT2D eigenvalue weighted by Crippen LogP contribution is -2.40. The highest BCUT2D eigenvalue weighted by Crippen LogP contribution is 2.25. The van der Waals surface area contributed by atoms with E-state index in [4.69, 9.17) is 9.47 Å². The second kappa shape index (κ2) is 12.2. The summed E-state index contributed by atoms with van der Waals surface area (Å²) < 4.78 is 11.4. The number of aliphatic carboxylic acids is 1.